The third-order valence-electron chi connectivity index (χ3n) is 5.41. The molecule has 3 rings (SSSR count). The Balaban J connectivity index is 1.58. The average molecular weight is 349 g/mol. The molecule has 1 saturated carbocycles. The third kappa shape index (κ3) is 3.75. The number of rotatable bonds is 4. The molecule has 130 valence electrons. The number of nitrogens with zero attached hydrogens (tertiary/aromatic N) is 1. The number of anilines is 1. The Bertz CT molecular complexity index is 611. The molecule has 1 aliphatic heterocycles. The Morgan fingerprint density at radius 3 is 2.62 bits per heavy atom. The predicted octanol–water partition coefficient (Wildman–Crippen LogP) is 3.78. The van der Waals surface area contributed by atoms with Crippen LogP contribution in [0.2, 0.25) is 5.02 Å². The van der Waals surface area contributed by atoms with Crippen molar-refractivity contribution in [3.63, 3.8) is 0 Å². The first-order valence-corrected chi connectivity index (χ1v) is 9.31. The number of amides is 2. The summed E-state index contributed by atoms with van der Waals surface area (Å²) >= 11 is 6.19. The fourth-order valence-corrected chi connectivity index (χ4v) is 4.06. The van der Waals surface area contributed by atoms with Crippen LogP contribution in [-0.4, -0.2) is 24.4 Å². The van der Waals surface area contributed by atoms with Crippen LogP contribution in [0.25, 0.3) is 0 Å². The molecule has 0 bridgehead atoms. The van der Waals surface area contributed by atoms with Gasteiger partial charge < -0.3 is 10.2 Å². The van der Waals surface area contributed by atoms with E-state index in [0.717, 1.165) is 18.8 Å². The lowest BCUT2D eigenvalue weighted by Crippen LogP contribution is -2.41. The number of benzene rings is 1. The molecule has 2 aliphatic rings. The van der Waals surface area contributed by atoms with Crippen LogP contribution in [0.1, 0.15) is 45.4 Å². The van der Waals surface area contributed by atoms with Gasteiger partial charge in [-0.1, -0.05) is 37.1 Å². The van der Waals surface area contributed by atoms with E-state index >= 15 is 0 Å². The monoisotopic (exact) mass is 348 g/mol. The second kappa shape index (κ2) is 7.56. The molecule has 5 heteroatoms. The molecule has 4 nitrogen and oxygen atoms in total. The number of hydrogen-bond donors (Lipinski definition) is 1. The second-order valence-corrected chi connectivity index (χ2v) is 7.40. The summed E-state index contributed by atoms with van der Waals surface area (Å²) in [5, 5.41) is 3.71. The van der Waals surface area contributed by atoms with Crippen molar-refractivity contribution in [3.05, 3.63) is 29.3 Å². The number of nitrogens with one attached hydrogen (secondary N) is 1. The first kappa shape index (κ1) is 17.3. The number of para-hydroxylation sites is 1. The van der Waals surface area contributed by atoms with E-state index in [-0.39, 0.29) is 30.2 Å². The lowest BCUT2D eigenvalue weighted by molar-refractivity contribution is -0.127. The number of halogens is 1. The van der Waals surface area contributed by atoms with E-state index in [2.05, 4.69) is 12.2 Å². The van der Waals surface area contributed by atoms with Gasteiger partial charge in [-0.3, -0.25) is 9.59 Å². The standard InChI is InChI=1S/C19H25ClN2O2/c1-2-13-7-9-15(10-8-13)21-19(24)14-11-18(23)22(12-14)17-6-4-3-5-16(17)20/h3-6,13-15H,2,7-12H2,1H3,(H,21,24)/t13?,14-,15?/m0/s1. The molecule has 0 spiro atoms. The molecule has 1 N–H and O–H groups in total. The van der Waals surface area contributed by atoms with E-state index < -0.39 is 0 Å². The molecule has 1 aliphatic carbocycles. The molecule has 1 heterocycles. The van der Waals surface area contributed by atoms with E-state index in [1.807, 2.05) is 18.2 Å². The number of carbonyl (C=O) groups is 2. The van der Waals surface area contributed by atoms with Gasteiger partial charge in [-0.2, -0.15) is 0 Å². The SMILES string of the molecule is CCC1CCC(NC(=O)[C@H]2CC(=O)N(c3ccccc3Cl)C2)CC1. The van der Waals surface area contributed by atoms with Gasteiger partial charge in [-0.25, -0.2) is 0 Å². The molecule has 2 fully saturated rings. The van der Waals surface area contributed by atoms with E-state index in [9.17, 15) is 9.59 Å². The molecule has 0 unspecified atom stereocenters. The Morgan fingerprint density at radius 2 is 1.96 bits per heavy atom. The lowest BCUT2D eigenvalue weighted by Gasteiger charge is -2.29. The maximum Gasteiger partial charge on any atom is 0.227 e. The zero-order chi connectivity index (χ0) is 17.1. The molecule has 0 radical (unpaired) electrons. The molecule has 1 aromatic rings. The van der Waals surface area contributed by atoms with Gasteiger partial charge in [-0.15, -0.1) is 0 Å². The minimum atomic E-state index is -0.280. The molecule has 24 heavy (non-hydrogen) atoms. The van der Waals surface area contributed by atoms with Crippen LogP contribution in [0, 0.1) is 11.8 Å². The van der Waals surface area contributed by atoms with Crippen molar-refractivity contribution < 1.29 is 9.59 Å². The maximum atomic E-state index is 12.5. The van der Waals surface area contributed by atoms with Crippen LogP contribution in [0.3, 0.4) is 0 Å². The summed E-state index contributed by atoms with van der Waals surface area (Å²) in [6, 6.07) is 7.55. The summed E-state index contributed by atoms with van der Waals surface area (Å²) in [5.41, 5.74) is 0.697. The predicted molar refractivity (Wildman–Crippen MR) is 96.1 cm³/mol. The van der Waals surface area contributed by atoms with Gasteiger partial charge >= 0.3 is 0 Å². The first-order chi connectivity index (χ1) is 11.6. The molecular weight excluding hydrogens is 324 g/mol. The van der Waals surface area contributed by atoms with E-state index in [1.54, 1.807) is 11.0 Å². The first-order valence-electron chi connectivity index (χ1n) is 8.93. The molecule has 0 aromatic heterocycles. The Hall–Kier alpha value is -1.55. The Kier molecular flexibility index (Phi) is 5.44. The molecule has 1 aromatic carbocycles. The zero-order valence-corrected chi connectivity index (χ0v) is 14.9. The van der Waals surface area contributed by atoms with Crippen molar-refractivity contribution in [3.8, 4) is 0 Å². The lowest BCUT2D eigenvalue weighted by atomic mass is 9.84. The third-order valence-corrected chi connectivity index (χ3v) is 5.73. The van der Waals surface area contributed by atoms with Gasteiger partial charge in [0.2, 0.25) is 11.8 Å². The van der Waals surface area contributed by atoms with Crippen molar-refractivity contribution in [2.24, 2.45) is 11.8 Å². The molecule has 1 atom stereocenters. The quantitative estimate of drug-likeness (QED) is 0.900. The summed E-state index contributed by atoms with van der Waals surface area (Å²) in [6.45, 7) is 2.65. The number of hydrogen-bond acceptors (Lipinski definition) is 2. The van der Waals surface area contributed by atoms with Gasteiger partial charge in [0, 0.05) is 19.0 Å². The van der Waals surface area contributed by atoms with Gasteiger partial charge in [0.15, 0.2) is 0 Å². The highest BCUT2D eigenvalue weighted by atomic mass is 35.5. The summed E-state index contributed by atoms with van der Waals surface area (Å²) in [7, 11) is 0. The normalized spacial score (nSPS) is 27.3. The Labute approximate surface area is 148 Å². The van der Waals surface area contributed by atoms with Gasteiger partial charge in [0.25, 0.3) is 0 Å². The van der Waals surface area contributed by atoms with Gasteiger partial charge in [0.05, 0.1) is 16.6 Å². The van der Waals surface area contributed by atoms with Gasteiger partial charge in [0.1, 0.15) is 0 Å². The van der Waals surface area contributed by atoms with Crippen LogP contribution < -0.4 is 10.2 Å². The minimum Gasteiger partial charge on any atom is -0.353 e. The van der Waals surface area contributed by atoms with Crippen LogP contribution in [0.4, 0.5) is 5.69 Å². The van der Waals surface area contributed by atoms with Crippen LogP contribution >= 0.6 is 11.6 Å². The summed E-state index contributed by atoms with van der Waals surface area (Å²) in [6.07, 6.45) is 5.98. The summed E-state index contributed by atoms with van der Waals surface area (Å²) in [5.74, 6) is 0.510. The van der Waals surface area contributed by atoms with Crippen LogP contribution in [0.5, 0.6) is 0 Å². The van der Waals surface area contributed by atoms with Crippen molar-refractivity contribution >= 4 is 29.1 Å². The Morgan fingerprint density at radius 1 is 1.25 bits per heavy atom. The smallest absolute Gasteiger partial charge is 0.227 e. The highest BCUT2D eigenvalue weighted by Gasteiger charge is 2.36. The van der Waals surface area contributed by atoms with Gasteiger partial charge in [-0.05, 0) is 43.7 Å². The van der Waals surface area contributed by atoms with Crippen molar-refractivity contribution in [1.82, 2.24) is 5.32 Å². The fourth-order valence-electron chi connectivity index (χ4n) is 3.82. The molecule has 2 amide bonds. The zero-order valence-electron chi connectivity index (χ0n) is 14.1. The topological polar surface area (TPSA) is 49.4 Å². The van der Waals surface area contributed by atoms with Crippen LogP contribution in [-0.2, 0) is 9.59 Å². The molecule has 1 saturated heterocycles. The van der Waals surface area contributed by atoms with E-state index in [1.165, 1.54) is 19.3 Å². The largest absolute Gasteiger partial charge is 0.353 e. The van der Waals surface area contributed by atoms with E-state index in [4.69, 9.17) is 11.6 Å². The van der Waals surface area contributed by atoms with Crippen molar-refractivity contribution in [2.75, 3.05) is 11.4 Å². The highest BCUT2D eigenvalue weighted by molar-refractivity contribution is 6.33. The number of carbonyl (C=O) groups excluding carboxylic acids is 2. The summed E-state index contributed by atoms with van der Waals surface area (Å²) < 4.78 is 0. The maximum absolute atomic E-state index is 12.5. The fraction of sp³-hybridized carbons (Fsp3) is 0.579. The molecular formula is C19H25ClN2O2. The van der Waals surface area contributed by atoms with Crippen molar-refractivity contribution in [1.29, 1.82) is 0 Å². The van der Waals surface area contributed by atoms with Crippen molar-refractivity contribution in [2.45, 2.75) is 51.5 Å². The van der Waals surface area contributed by atoms with Crippen LogP contribution in [0.15, 0.2) is 24.3 Å². The minimum absolute atomic E-state index is 0.0119. The highest BCUT2D eigenvalue weighted by Crippen LogP contribution is 2.31. The van der Waals surface area contributed by atoms with E-state index in [0.29, 0.717) is 17.3 Å². The second-order valence-electron chi connectivity index (χ2n) is 6.99. The summed E-state index contributed by atoms with van der Waals surface area (Å²) in [4.78, 5) is 26.5. The average Bonchev–Trinajstić information content (AvgIpc) is 2.98.